The first-order chi connectivity index (χ1) is 13.7. The van der Waals surface area contributed by atoms with Crippen molar-refractivity contribution in [2.75, 3.05) is 7.11 Å². The second-order valence-corrected chi connectivity index (χ2v) is 6.11. The number of amides is 4. The van der Waals surface area contributed by atoms with E-state index in [2.05, 4.69) is 4.98 Å². The molecule has 2 heterocycles. The Balaban J connectivity index is 1.89. The fraction of sp³-hybridized carbons (Fsp3) is 0.222. The Kier molecular flexibility index (Phi) is 5.14. The van der Waals surface area contributed by atoms with Crippen LogP contribution >= 0.6 is 0 Å². The first-order valence-corrected chi connectivity index (χ1v) is 8.24. The summed E-state index contributed by atoms with van der Waals surface area (Å²) in [6, 6.07) is 7.37. The van der Waals surface area contributed by atoms with Gasteiger partial charge in [0, 0.05) is 12.4 Å². The van der Waals surface area contributed by atoms with Crippen LogP contribution in [-0.2, 0) is 11.3 Å². The first-order valence-electron chi connectivity index (χ1n) is 8.24. The molecule has 1 atom stereocenters. The predicted octanol–water partition coefficient (Wildman–Crippen LogP) is 1.83. The molecule has 1 fully saturated rings. The molecule has 152 valence electrons. The van der Waals surface area contributed by atoms with Crippen LogP contribution in [0.4, 0.5) is 18.0 Å². The summed E-state index contributed by atoms with van der Waals surface area (Å²) in [4.78, 5) is 41.1. The molecule has 29 heavy (non-hydrogen) atoms. The Morgan fingerprint density at radius 3 is 2.48 bits per heavy atom. The summed E-state index contributed by atoms with van der Waals surface area (Å²) >= 11 is 0. The van der Waals surface area contributed by atoms with Crippen LogP contribution in [0.15, 0.2) is 48.8 Å². The lowest BCUT2D eigenvalue weighted by Gasteiger charge is -2.29. The van der Waals surface area contributed by atoms with E-state index in [-0.39, 0.29) is 5.56 Å². The maximum Gasteiger partial charge on any atom is 0.440 e. The van der Waals surface area contributed by atoms with Crippen LogP contribution < -0.4 is 15.4 Å². The van der Waals surface area contributed by atoms with Crippen LogP contribution in [0.25, 0.3) is 0 Å². The third-order valence-corrected chi connectivity index (χ3v) is 4.26. The number of aromatic nitrogens is 1. The number of alkyl halides is 3. The maximum absolute atomic E-state index is 13.8. The zero-order valence-corrected chi connectivity index (χ0v) is 15.0. The number of hydrogen-bond donors (Lipinski definition) is 2. The molecule has 1 aliphatic heterocycles. The van der Waals surface area contributed by atoms with Crippen molar-refractivity contribution in [3.05, 3.63) is 59.9 Å². The smallest absolute Gasteiger partial charge is 0.440 e. The van der Waals surface area contributed by atoms with Gasteiger partial charge in [-0.15, -0.1) is 0 Å². The van der Waals surface area contributed by atoms with Gasteiger partial charge in [-0.1, -0.05) is 12.1 Å². The molecule has 1 aromatic heterocycles. The molecule has 1 aromatic carbocycles. The third kappa shape index (κ3) is 3.71. The average molecular weight is 408 g/mol. The largest absolute Gasteiger partial charge is 0.497 e. The van der Waals surface area contributed by atoms with Crippen LogP contribution in [0.1, 0.15) is 15.9 Å². The second-order valence-electron chi connectivity index (χ2n) is 6.11. The van der Waals surface area contributed by atoms with Crippen molar-refractivity contribution >= 4 is 17.8 Å². The Bertz CT molecular complexity index is 934. The quantitative estimate of drug-likeness (QED) is 0.736. The number of nitrogens with one attached hydrogen (secondary N) is 2. The van der Waals surface area contributed by atoms with Crippen molar-refractivity contribution in [1.82, 2.24) is 20.5 Å². The Hall–Kier alpha value is -3.63. The summed E-state index contributed by atoms with van der Waals surface area (Å²) < 4.78 is 46.4. The Labute approximate surface area is 162 Å². The first kappa shape index (κ1) is 20.1. The van der Waals surface area contributed by atoms with Gasteiger partial charge in [0.15, 0.2) is 0 Å². The molecule has 0 saturated carbocycles. The Morgan fingerprint density at radius 1 is 1.24 bits per heavy atom. The lowest BCUT2D eigenvalue weighted by Crippen LogP contribution is -2.69. The molecule has 2 aromatic rings. The summed E-state index contributed by atoms with van der Waals surface area (Å²) in [5.74, 6) is -2.35. The second kappa shape index (κ2) is 7.41. The number of imide groups is 1. The summed E-state index contributed by atoms with van der Waals surface area (Å²) in [5.41, 5.74) is -3.39. The molecule has 11 heteroatoms. The summed E-state index contributed by atoms with van der Waals surface area (Å²) in [6.45, 7) is -0.421. The van der Waals surface area contributed by atoms with Crippen molar-refractivity contribution in [1.29, 1.82) is 0 Å². The lowest BCUT2D eigenvalue weighted by molar-refractivity contribution is -0.200. The van der Waals surface area contributed by atoms with E-state index in [0.717, 1.165) is 6.20 Å². The van der Waals surface area contributed by atoms with Gasteiger partial charge in [-0.2, -0.15) is 13.2 Å². The van der Waals surface area contributed by atoms with E-state index in [9.17, 15) is 27.6 Å². The van der Waals surface area contributed by atoms with Crippen molar-refractivity contribution in [2.45, 2.75) is 18.4 Å². The van der Waals surface area contributed by atoms with Crippen LogP contribution in [0.2, 0.25) is 0 Å². The number of halogens is 3. The lowest BCUT2D eigenvalue weighted by atomic mass is 10.1. The number of nitrogens with zero attached hydrogens (tertiary/aromatic N) is 2. The molecule has 3 rings (SSSR count). The molecule has 0 bridgehead atoms. The van der Waals surface area contributed by atoms with E-state index < -0.39 is 36.2 Å². The van der Waals surface area contributed by atoms with Crippen molar-refractivity contribution in [3.8, 4) is 5.75 Å². The minimum atomic E-state index is -5.29. The van der Waals surface area contributed by atoms with Crippen LogP contribution in [0.3, 0.4) is 0 Å². The normalized spacial score (nSPS) is 19.1. The molecule has 0 radical (unpaired) electrons. The number of carbonyl (C=O) groups excluding carboxylic acids is 3. The molecule has 4 amide bonds. The molecule has 1 aliphatic rings. The van der Waals surface area contributed by atoms with Gasteiger partial charge in [-0.3, -0.25) is 24.8 Å². The maximum atomic E-state index is 13.8. The highest BCUT2D eigenvalue weighted by molar-refractivity contribution is 6.10. The molecule has 0 spiro atoms. The zero-order valence-electron chi connectivity index (χ0n) is 15.0. The van der Waals surface area contributed by atoms with E-state index in [0.29, 0.717) is 16.2 Å². The van der Waals surface area contributed by atoms with Gasteiger partial charge in [0.25, 0.3) is 17.5 Å². The van der Waals surface area contributed by atoms with Gasteiger partial charge in [-0.25, -0.2) is 4.79 Å². The highest BCUT2D eigenvalue weighted by Gasteiger charge is 2.68. The minimum Gasteiger partial charge on any atom is -0.497 e. The number of pyridine rings is 1. The van der Waals surface area contributed by atoms with Crippen molar-refractivity contribution in [3.63, 3.8) is 0 Å². The van der Waals surface area contributed by atoms with E-state index in [1.54, 1.807) is 10.6 Å². The monoisotopic (exact) mass is 408 g/mol. The van der Waals surface area contributed by atoms with Gasteiger partial charge in [0.05, 0.1) is 19.2 Å². The molecular weight excluding hydrogens is 393 g/mol. The van der Waals surface area contributed by atoms with Gasteiger partial charge >= 0.3 is 12.2 Å². The van der Waals surface area contributed by atoms with Gasteiger partial charge in [-0.05, 0) is 29.8 Å². The zero-order chi connectivity index (χ0) is 21.2. The summed E-state index contributed by atoms with van der Waals surface area (Å²) in [7, 11) is 1.44. The van der Waals surface area contributed by atoms with Crippen LogP contribution in [0, 0.1) is 0 Å². The number of methoxy groups -OCH3 is 1. The SMILES string of the molecule is COc1ccc(CN2C(=O)N[C@](NC(=O)c3cccnc3)(C(F)(F)F)C2=O)cc1. The Morgan fingerprint density at radius 2 is 1.93 bits per heavy atom. The molecule has 2 N–H and O–H groups in total. The minimum absolute atomic E-state index is 0.202. The van der Waals surface area contributed by atoms with Gasteiger partial charge in [0.2, 0.25) is 0 Å². The van der Waals surface area contributed by atoms with E-state index in [1.165, 1.54) is 49.7 Å². The van der Waals surface area contributed by atoms with E-state index >= 15 is 0 Å². The van der Waals surface area contributed by atoms with Gasteiger partial charge in [0.1, 0.15) is 5.75 Å². The highest BCUT2D eigenvalue weighted by Crippen LogP contribution is 2.34. The van der Waals surface area contributed by atoms with E-state index in [1.807, 2.05) is 0 Å². The summed E-state index contributed by atoms with van der Waals surface area (Å²) in [6.07, 6.45) is -2.92. The fourth-order valence-electron chi connectivity index (χ4n) is 2.72. The number of urea groups is 1. The predicted molar refractivity (Wildman–Crippen MR) is 92.6 cm³/mol. The molecule has 0 unspecified atom stereocenters. The number of carbonyl (C=O) groups is 3. The molecular formula is C18H15F3N4O4. The van der Waals surface area contributed by atoms with Crippen molar-refractivity contribution < 1.29 is 32.3 Å². The van der Waals surface area contributed by atoms with Crippen LogP contribution in [0.5, 0.6) is 5.75 Å². The fourth-order valence-corrected chi connectivity index (χ4v) is 2.72. The van der Waals surface area contributed by atoms with Crippen LogP contribution in [-0.4, -0.2) is 46.7 Å². The number of ether oxygens (including phenoxy) is 1. The van der Waals surface area contributed by atoms with E-state index in [4.69, 9.17) is 4.74 Å². The highest BCUT2D eigenvalue weighted by atomic mass is 19.4. The topological polar surface area (TPSA) is 101 Å². The van der Waals surface area contributed by atoms with Gasteiger partial charge < -0.3 is 10.1 Å². The molecule has 1 saturated heterocycles. The third-order valence-electron chi connectivity index (χ3n) is 4.26. The molecule has 8 nitrogen and oxygen atoms in total. The standard InChI is InChI=1S/C18H15F3N4O4/c1-29-13-6-4-11(5-7-13)10-25-15(27)17(18(19,20)21,24-16(25)28)23-14(26)12-3-2-8-22-9-12/h2-9H,10H2,1H3,(H,23,26)(H,24,28)/t17-/m0/s1. The summed E-state index contributed by atoms with van der Waals surface area (Å²) in [5, 5.41) is 3.20. The van der Waals surface area contributed by atoms with Crippen molar-refractivity contribution in [2.24, 2.45) is 0 Å². The average Bonchev–Trinajstić information content (AvgIpc) is 2.94. The number of rotatable bonds is 5. The molecule has 0 aliphatic carbocycles. The number of hydrogen-bond acceptors (Lipinski definition) is 5. The number of benzene rings is 1.